The molecule has 0 fully saturated rings. The quantitative estimate of drug-likeness (QED) is 0.541. The van der Waals surface area contributed by atoms with Crippen molar-refractivity contribution in [3.8, 4) is 0 Å². The van der Waals surface area contributed by atoms with Crippen molar-refractivity contribution in [3.05, 3.63) is 35.4 Å². The van der Waals surface area contributed by atoms with Gasteiger partial charge in [0.25, 0.3) is 0 Å². The van der Waals surface area contributed by atoms with Gasteiger partial charge in [0.2, 0.25) is 0 Å². The fourth-order valence-corrected chi connectivity index (χ4v) is 2.28. The van der Waals surface area contributed by atoms with Crippen LogP contribution < -0.4 is 0 Å². The number of aliphatic hydroxyl groups is 4. The molecule has 0 saturated carbocycles. The lowest BCUT2D eigenvalue weighted by molar-refractivity contribution is -0.157. The molecule has 0 bridgehead atoms. The van der Waals surface area contributed by atoms with Crippen molar-refractivity contribution >= 4 is 0 Å². The maximum absolute atomic E-state index is 10.2. The second-order valence-corrected chi connectivity index (χ2v) is 5.98. The zero-order valence-corrected chi connectivity index (χ0v) is 13.5. The molecule has 5 nitrogen and oxygen atoms in total. The highest BCUT2D eigenvalue weighted by molar-refractivity contribution is 5.21. The molecule has 0 aromatic heterocycles. The molecule has 0 radical (unpaired) electrons. The van der Waals surface area contributed by atoms with E-state index < -0.39 is 31.0 Å². The van der Waals surface area contributed by atoms with Crippen molar-refractivity contribution in [2.75, 3.05) is 6.61 Å². The van der Waals surface area contributed by atoms with E-state index in [1.54, 1.807) is 13.8 Å². The molecule has 4 N–H and O–H groups in total. The summed E-state index contributed by atoms with van der Waals surface area (Å²) < 4.78 is 5.43. The van der Waals surface area contributed by atoms with Gasteiger partial charge in [-0.05, 0) is 39.2 Å². The fraction of sp³-hybridized carbons (Fsp3) is 0.647. The molecular formula is C17H28O5. The molecule has 0 aliphatic carbocycles. The summed E-state index contributed by atoms with van der Waals surface area (Å²) >= 11 is 0. The van der Waals surface area contributed by atoms with Gasteiger partial charge in [0.1, 0.15) is 18.3 Å². The van der Waals surface area contributed by atoms with Gasteiger partial charge >= 0.3 is 0 Å². The third-order valence-corrected chi connectivity index (χ3v) is 3.58. The summed E-state index contributed by atoms with van der Waals surface area (Å²) in [6.45, 7) is 5.01. The van der Waals surface area contributed by atoms with Crippen LogP contribution in [0.1, 0.15) is 31.4 Å². The number of hydrogen-bond donors (Lipinski definition) is 4. The molecule has 126 valence electrons. The van der Waals surface area contributed by atoms with Crippen LogP contribution in [-0.4, -0.2) is 57.6 Å². The van der Waals surface area contributed by atoms with Crippen LogP contribution in [0.5, 0.6) is 0 Å². The van der Waals surface area contributed by atoms with E-state index >= 15 is 0 Å². The smallest absolute Gasteiger partial charge is 0.114 e. The predicted octanol–water partition coefficient (Wildman–Crippen LogP) is 0.796. The Labute approximate surface area is 132 Å². The Balaban J connectivity index is 2.60. The maximum atomic E-state index is 10.2. The van der Waals surface area contributed by atoms with E-state index in [2.05, 4.69) is 0 Å². The molecule has 5 heteroatoms. The lowest BCUT2D eigenvalue weighted by Gasteiger charge is -2.31. The van der Waals surface area contributed by atoms with Gasteiger partial charge in [-0.15, -0.1) is 0 Å². The van der Waals surface area contributed by atoms with E-state index in [1.807, 2.05) is 31.2 Å². The Morgan fingerprint density at radius 3 is 2.09 bits per heavy atom. The monoisotopic (exact) mass is 312 g/mol. The summed E-state index contributed by atoms with van der Waals surface area (Å²) in [7, 11) is 0. The van der Waals surface area contributed by atoms with Gasteiger partial charge in [0.05, 0.1) is 18.8 Å². The molecule has 4 unspecified atom stereocenters. The largest absolute Gasteiger partial charge is 0.394 e. The number of hydrogen-bond acceptors (Lipinski definition) is 5. The van der Waals surface area contributed by atoms with Crippen LogP contribution in [-0.2, 0) is 11.2 Å². The van der Waals surface area contributed by atoms with Gasteiger partial charge < -0.3 is 25.2 Å². The van der Waals surface area contributed by atoms with Crippen LogP contribution in [0.15, 0.2) is 24.3 Å². The summed E-state index contributed by atoms with van der Waals surface area (Å²) in [5.74, 6) is 0. The van der Waals surface area contributed by atoms with Crippen molar-refractivity contribution in [1.29, 1.82) is 0 Å². The zero-order valence-electron chi connectivity index (χ0n) is 13.5. The Kier molecular flexibility index (Phi) is 8.00. The van der Waals surface area contributed by atoms with Crippen molar-refractivity contribution in [2.24, 2.45) is 0 Å². The first-order valence-electron chi connectivity index (χ1n) is 7.71. The third-order valence-electron chi connectivity index (χ3n) is 3.58. The molecule has 1 aromatic rings. The number of aryl methyl sites for hydroxylation is 2. The van der Waals surface area contributed by atoms with E-state index in [0.29, 0.717) is 12.8 Å². The van der Waals surface area contributed by atoms with Crippen LogP contribution in [0, 0.1) is 6.92 Å². The first kappa shape index (κ1) is 19.1. The zero-order chi connectivity index (χ0) is 16.7. The summed E-state index contributed by atoms with van der Waals surface area (Å²) in [6.07, 6.45) is -3.81. The Morgan fingerprint density at radius 2 is 1.59 bits per heavy atom. The first-order chi connectivity index (χ1) is 10.3. The van der Waals surface area contributed by atoms with E-state index in [0.717, 1.165) is 5.56 Å². The van der Waals surface area contributed by atoms with Crippen molar-refractivity contribution < 1.29 is 25.2 Å². The molecule has 0 amide bonds. The molecule has 22 heavy (non-hydrogen) atoms. The highest BCUT2D eigenvalue weighted by Crippen LogP contribution is 2.16. The molecule has 0 aliphatic heterocycles. The number of rotatable bonds is 9. The van der Waals surface area contributed by atoms with E-state index in [-0.39, 0.29) is 6.10 Å². The van der Waals surface area contributed by atoms with Gasteiger partial charge in [-0.1, -0.05) is 29.8 Å². The van der Waals surface area contributed by atoms with E-state index in [1.165, 1.54) is 5.56 Å². The number of benzene rings is 1. The highest BCUT2D eigenvalue weighted by Gasteiger charge is 2.33. The standard InChI is InChI=1S/C17H28O5/c1-11(2)22-17(15(20)10-18)16(21)14(19)9-8-13-6-4-12(3)5-7-13/h4-7,11,14-21H,8-10H2,1-3H3. The molecular weight excluding hydrogens is 284 g/mol. The molecule has 0 saturated heterocycles. The first-order valence-corrected chi connectivity index (χ1v) is 7.71. The molecule has 1 aromatic carbocycles. The summed E-state index contributed by atoms with van der Waals surface area (Å²) in [6, 6.07) is 7.97. The molecule has 0 aliphatic rings. The minimum Gasteiger partial charge on any atom is -0.394 e. The van der Waals surface area contributed by atoms with Gasteiger partial charge in [-0.2, -0.15) is 0 Å². The average Bonchev–Trinajstić information content (AvgIpc) is 2.50. The Morgan fingerprint density at radius 1 is 1.00 bits per heavy atom. The van der Waals surface area contributed by atoms with Gasteiger partial charge in [-0.25, -0.2) is 0 Å². The molecule has 0 heterocycles. The van der Waals surface area contributed by atoms with Gasteiger partial charge in [-0.3, -0.25) is 0 Å². The third kappa shape index (κ3) is 6.02. The van der Waals surface area contributed by atoms with E-state index in [9.17, 15) is 15.3 Å². The lowest BCUT2D eigenvalue weighted by atomic mass is 9.97. The highest BCUT2D eigenvalue weighted by atomic mass is 16.5. The van der Waals surface area contributed by atoms with Crippen LogP contribution in [0.4, 0.5) is 0 Å². The summed E-state index contributed by atoms with van der Waals surface area (Å²) in [5, 5.41) is 39.2. The molecule has 0 spiro atoms. The van der Waals surface area contributed by atoms with Crippen LogP contribution in [0.2, 0.25) is 0 Å². The summed E-state index contributed by atoms with van der Waals surface area (Å²) in [5.41, 5.74) is 2.24. The Hall–Kier alpha value is -0.980. The van der Waals surface area contributed by atoms with E-state index in [4.69, 9.17) is 9.84 Å². The van der Waals surface area contributed by atoms with Crippen molar-refractivity contribution in [2.45, 2.75) is 64.1 Å². The number of aliphatic hydroxyl groups excluding tert-OH is 4. The van der Waals surface area contributed by atoms with Crippen molar-refractivity contribution in [3.63, 3.8) is 0 Å². The number of ether oxygens (including phenoxy) is 1. The van der Waals surface area contributed by atoms with Crippen LogP contribution in [0.3, 0.4) is 0 Å². The summed E-state index contributed by atoms with van der Waals surface area (Å²) in [4.78, 5) is 0. The lowest BCUT2D eigenvalue weighted by Crippen LogP contribution is -2.48. The molecule has 4 atom stereocenters. The van der Waals surface area contributed by atoms with Crippen LogP contribution in [0.25, 0.3) is 0 Å². The minimum atomic E-state index is -1.25. The SMILES string of the molecule is Cc1ccc(CCC(O)C(O)C(OC(C)C)C(O)CO)cc1. The predicted molar refractivity (Wildman–Crippen MR) is 84.6 cm³/mol. The normalized spacial score (nSPS) is 17.3. The molecule has 1 rings (SSSR count). The maximum Gasteiger partial charge on any atom is 0.114 e. The second kappa shape index (κ2) is 9.22. The topological polar surface area (TPSA) is 90.2 Å². The average molecular weight is 312 g/mol. The second-order valence-electron chi connectivity index (χ2n) is 5.98. The minimum absolute atomic E-state index is 0.231. The van der Waals surface area contributed by atoms with Crippen LogP contribution >= 0.6 is 0 Å². The Bertz CT molecular complexity index is 418. The van der Waals surface area contributed by atoms with Gasteiger partial charge in [0.15, 0.2) is 0 Å². The van der Waals surface area contributed by atoms with Crippen molar-refractivity contribution in [1.82, 2.24) is 0 Å². The fourth-order valence-electron chi connectivity index (χ4n) is 2.28. The van der Waals surface area contributed by atoms with Gasteiger partial charge in [0, 0.05) is 0 Å².